The molecular formula is C15H19N3O2. The van der Waals surface area contributed by atoms with Crippen molar-refractivity contribution in [3.8, 4) is 0 Å². The van der Waals surface area contributed by atoms with Crippen molar-refractivity contribution >= 4 is 22.6 Å². The minimum absolute atomic E-state index is 0.0376. The quantitative estimate of drug-likeness (QED) is 0.873. The molecule has 1 heterocycles. The van der Waals surface area contributed by atoms with Crippen LogP contribution in [0, 0.1) is 0 Å². The van der Waals surface area contributed by atoms with Crippen molar-refractivity contribution < 1.29 is 9.53 Å². The highest BCUT2D eigenvalue weighted by Crippen LogP contribution is 2.19. The average molecular weight is 273 g/mol. The maximum absolute atomic E-state index is 12.3. The molecule has 5 nitrogen and oxygen atoms in total. The van der Waals surface area contributed by atoms with Crippen molar-refractivity contribution in [3.63, 3.8) is 0 Å². The molecule has 0 saturated heterocycles. The molecule has 2 aromatic rings. The molecule has 3 N–H and O–H groups in total. The zero-order chi connectivity index (χ0) is 14.5. The number of fused-ring (bicyclic) bond motifs is 1. The molecule has 0 aliphatic rings. The summed E-state index contributed by atoms with van der Waals surface area (Å²) in [5, 5.41) is 3.75. The monoisotopic (exact) mass is 273 g/mol. The van der Waals surface area contributed by atoms with Gasteiger partial charge in [0, 0.05) is 25.1 Å². The Balaban J connectivity index is 2.25. The highest BCUT2D eigenvalue weighted by atomic mass is 16.5. The largest absolute Gasteiger partial charge is 0.385 e. The van der Waals surface area contributed by atoms with E-state index in [9.17, 15) is 4.79 Å². The van der Waals surface area contributed by atoms with Gasteiger partial charge in [0.25, 0.3) is 5.91 Å². The molecule has 0 aliphatic heterocycles. The zero-order valence-electron chi connectivity index (χ0n) is 11.7. The van der Waals surface area contributed by atoms with Crippen LogP contribution in [-0.4, -0.2) is 30.6 Å². The number of nitrogens with two attached hydrogens (primary N) is 1. The molecule has 0 radical (unpaired) electrons. The van der Waals surface area contributed by atoms with Crippen molar-refractivity contribution in [1.29, 1.82) is 0 Å². The fourth-order valence-electron chi connectivity index (χ4n) is 2.05. The van der Waals surface area contributed by atoms with Crippen LogP contribution in [-0.2, 0) is 4.74 Å². The van der Waals surface area contributed by atoms with Gasteiger partial charge in [-0.15, -0.1) is 0 Å². The number of rotatable bonds is 5. The van der Waals surface area contributed by atoms with Gasteiger partial charge in [-0.3, -0.25) is 4.79 Å². The van der Waals surface area contributed by atoms with Gasteiger partial charge in [-0.05, 0) is 25.5 Å². The molecule has 1 unspecified atom stereocenters. The van der Waals surface area contributed by atoms with Gasteiger partial charge in [0.1, 0.15) is 5.82 Å². The lowest BCUT2D eigenvalue weighted by molar-refractivity contribution is 0.0931. The van der Waals surface area contributed by atoms with E-state index < -0.39 is 0 Å². The highest BCUT2D eigenvalue weighted by molar-refractivity contribution is 6.06. The lowest BCUT2D eigenvalue weighted by atomic mass is 10.1. The molecule has 106 valence electrons. The van der Waals surface area contributed by atoms with Crippen molar-refractivity contribution in [3.05, 3.63) is 35.9 Å². The molecule has 1 aromatic heterocycles. The van der Waals surface area contributed by atoms with E-state index in [4.69, 9.17) is 10.5 Å². The van der Waals surface area contributed by atoms with E-state index in [2.05, 4.69) is 10.3 Å². The molecule has 2 rings (SSSR count). The van der Waals surface area contributed by atoms with E-state index in [1.54, 1.807) is 13.2 Å². The van der Waals surface area contributed by atoms with E-state index >= 15 is 0 Å². The lowest BCUT2D eigenvalue weighted by Crippen LogP contribution is -2.33. The predicted octanol–water partition coefficient (Wildman–Crippen LogP) is 1.97. The van der Waals surface area contributed by atoms with Crippen LogP contribution in [0.15, 0.2) is 30.3 Å². The number of anilines is 1. The molecule has 20 heavy (non-hydrogen) atoms. The number of benzene rings is 1. The van der Waals surface area contributed by atoms with Crippen LogP contribution in [0.4, 0.5) is 5.82 Å². The molecule has 0 aliphatic carbocycles. The van der Waals surface area contributed by atoms with Crippen LogP contribution in [0.1, 0.15) is 23.7 Å². The maximum atomic E-state index is 12.3. The molecule has 0 fully saturated rings. The van der Waals surface area contributed by atoms with E-state index in [0.29, 0.717) is 18.0 Å². The number of hydrogen-bond acceptors (Lipinski definition) is 4. The number of hydrogen-bond donors (Lipinski definition) is 2. The van der Waals surface area contributed by atoms with E-state index in [1.165, 1.54) is 0 Å². The van der Waals surface area contributed by atoms with Gasteiger partial charge in [-0.2, -0.15) is 0 Å². The van der Waals surface area contributed by atoms with Gasteiger partial charge in [0.15, 0.2) is 0 Å². The van der Waals surface area contributed by atoms with E-state index in [-0.39, 0.29) is 11.9 Å². The Bertz CT molecular complexity index is 613. The average Bonchev–Trinajstić information content (AvgIpc) is 2.44. The van der Waals surface area contributed by atoms with Crippen LogP contribution < -0.4 is 11.1 Å². The molecule has 1 atom stereocenters. The smallest absolute Gasteiger partial charge is 0.252 e. The Morgan fingerprint density at radius 1 is 1.45 bits per heavy atom. The molecule has 1 aromatic carbocycles. The summed E-state index contributed by atoms with van der Waals surface area (Å²) >= 11 is 0. The number of para-hydroxylation sites is 1. The summed E-state index contributed by atoms with van der Waals surface area (Å²) in [5.74, 6) is 0.206. The SMILES string of the molecule is COCCC(C)NC(=O)c1cc(N)nc2ccccc12. The summed E-state index contributed by atoms with van der Waals surface area (Å²) in [4.78, 5) is 16.6. The van der Waals surface area contributed by atoms with Gasteiger partial charge in [0.05, 0.1) is 11.1 Å². The standard InChI is InChI=1S/C15H19N3O2/c1-10(7-8-20-2)17-15(19)12-9-14(16)18-13-6-4-3-5-11(12)13/h3-6,9-10H,7-8H2,1-2H3,(H2,16,18)(H,17,19). The van der Waals surface area contributed by atoms with Crippen LogP contribution in [0.2, 0.25) is 0 Å². The van der Waals surface area contributed by atoms with Gasteiger partial charge in [0.2, 0.25) is 0 Å². The predicted molar refractivity (Wildman–Crippen MR) is 79.6 cm³/mol. The molecular weight excluding hydrogens is 254 g/mol. The first kappa shape index (κ1) is 14.3. The fourth-order valence-corrected chi connectivity index (χ4v) is 2.05. The van der Waals surface area contributed by atoms with Gasteiger partial charge < -0.3 is 15.8 Å². The topological polar surface area (TPSA) is 77.2 Å². The van der Waals surface area contributed by atoms with Crippen molar-refractivity contribution in [1.82, 2.24) is 10.3 Å². The van der Waals surface area contributed by atoms with Gasteiger partial charge in [-0.25, -0.2) is 4.98 Å². The number of carbonyl (C=O) groups excluding carboxylic acids is 1. The second kappa shape index (κ2) is 6.34. The number of amides is 1. The third-order valence-corrected chi connectivity index (χ3v) is 3.11. The van der Waals surface area contributed by atoms with E-state index in [0.717, 1.165) is 17.3 Å². The van der Waals surface area contributed by atoms with Crippen LogP contribution in [0.25, 0.3) is 10.9 Å². The Morgan fingerprint density at radius 3 is 2.95 bits per heavy atom. The number of methoxy groups -OCH3 is 1. The molecule has 0 saturated carbocycles. The highest BCUT2D eigenvalue weighted by Gasteiger charge is 2.14. The third kappa shape index (κ3) is 3.24. The number of aromatic nitrogens is 1. The summed E-state index contributed by atoms with van der Waals surface area (Å²) in [6, 6.07) is 9.12. The minimum atomic E-state index is -0.140. The summed E-state index contributed by atoms with van der Waals surface area (Å²) in [6.45, 7) is 2.56. The maximum Gasteiger partial charge on any atom is 0.252 e. The van der Waals surface area contributed by atoms with Crippen molar-refractivity contribution in [2.45, 2.75) is 19.4 Å². The molecule has 1 amide bonds. The Hall–Kier alpha value is -2.14. The zero-order valence-corrected chi connectivity index (χ0v) is 11.7. The number of nitrogens with one attached hydrogen (secondary N) is 1. The summed E-state index contributed by atoms with van der Waals surface area (Å²) in [7, 11) is 1.64. The first-order valence-corrected chi connectivity index (χ1v) is 6.57. The second-order valence-electron chi connectivity index (χ2n) is 4.77. The minimum Gasteiger partial charge on any atom is -0.385 e. The summed E-state index contributed by atoms with van der Waals surface area (Å²) < 4.78 is 5.01. The van der Waals surface area contributed by atoms with Crippen molar-refractivity contribution in [2.24, 2.45) is 0 Å². The van der Waals surface area contributed by atoms with Gasteiger partial charge >= 0.3 is 0 Å². The van der Waals surface area contributed by atoms with Crippen LogP contribution in [0.5, 0.6) is 0 Å². The van der Waals surface area contributed by atoms with Crippen molar-refractivity contribution in [2.75, 3.05) is 19.5 Å². The van der Waals surface area contributed by atoms with Gasteiger partial charge in [-0.1, -0.05) is 18.2 Å². The van der Waals surface area contributed by atoms with Crippen LogP contribution >= 0.6 is 0 Å². The Morgan fingerprint density at radius 2 is 2.20 bits per heavy atom. The summed E-state index contributed by atoms with van der Waals surface area (Å²) in [5.41, 5.74) is 7.04. The fraction of sp³-hybridized carbons (Fsp3) is 0.333. The normalized spacial score (nSPS) is 12.3. The van der Waals surface area contributed by atoms with E-state index in [1.807, 2.05) is 31.2 Å². The number of ether oxygens (including phenoxy) is 1. The molecule has 0 spiro atoms. The third-order valence-electron chi connectivity index (χ3n) is 3.11. The Kier molecular flexibility index (Phi) is 4.53. The number of nitrogen functional groups attached to an aromatic ring is 1. The number of nitrogens with zero attached hydrogens (tertiary/aromatic N) is 1. The first-order valence-electron chi connectivity index (χ1n) is 6.57. The first-order chi connectivity index (χ1) is 9.61. The number of pyridine rings is 1. The van der Waals surface area contributed by atoms with Crippen LogP contribution in [0.3, 0.4) is 0 Å². The second-order valence-corrected chi connectivity index (χ2v) is 4.77. The number of carbonyl (C=O) groups is 1. The summed E-state index contributed by atoms with van der Waals surface area (Å²) in [6.07, 6.45) is 0.765. The lowest BCUT2D eigenvalue weighted by Gasteiger charge is -2.14. The molecule has 0 bridgehead atoms. The Labute approximate surface area is 118 Å². The molecule has 5 heteroatoms.